The third-order valence-electron chi connectivity index (χ3n) is 3.61. The Morgan fingerprint density at radius 2 is 2.39 bits per heavy atom. The quantitative estimate of drug-likeness (QED) is 0.852. The Bertz CT molecular complexity index is 451. The molecule has 3 heterocycles. The number of aromatic nitrogens is 3. The summed E-state index contributed by atoms with van der Waals surface area (Å²) in [6.45, 7) is 3.59. The molecule has 0 aliphatic carbocycles. The Labute approximate surface area is 106 Å². The van der Waals surface area contributed by atoms with Crippen LogP contribution in [-0.2, 0) is 22.5 Å². The van der Waals surface area contributed by atoms with Gasteiger partial charge in [0.25, 0.3) is 0 Å². The fraction of sp³-hybridized carbons (Fsp3) is 0.750. The van der Waals surface area contributed by atoms with Crippen LogP contribution >= 0.6 is 0 Å². The molecule has 1 amide bonds. The van der Waals surface area contributed by atoms with E-state index < -0.39 is 0 Å². The van der Waals surface area contributed by atoms with E-state index in [0.717, 1.165) is 43.9 Å². The van der Waals surface area contributed by atoms with E-state index in [-0.39, 0.29) is 18.1 Å². The van der Waals surface area contributed by atoms with E-state index in [1.165, 1.54) is 0 Å². The summed E-state index contributed by atoms with van der Waals surface area (Å²) in [7, 11) is 0. The number of nitrogens with one attached hydrogen (secondary N) is 1. The number of nitrogens with zero attached hydrogens (tertiary/aromatic N) is 3. The van der Waals surface area contributed by atoms with Gasteiger partial charge in [0, 0.05) is 19.6 Å². The van der Waals surface area contributed by atoms with Crippen LogP contribution in [0.15, 0.2) is 0 Å². The summed E-state index contributed by atoms with van der Waals surface area (Å²) in [5.41, 5.74) is 0. The van der Waals surface area contributed by atoms with Gasteiger partial charge in [-0.1, -0.05) is 0 Å². The maximum absolute atomic E-state index is 12.0. The van der Waals surface area contributed by atoms with Crippen molar-refractivity contribution in [2.75, 3.05) is 6.61 Å². The lowest BCUT2D eigenvalue weighted by Crippen LogP contribution is -2.36. The van der Waals surface area contributed by atoms with Crippen LogP contribution in [0.4, 0.5) is 0 Å². The van der Waals surface area contributed by atoms with Gasteiger partial charge >= 0.3 is 0 Å². The molecule has 2 aliphatic heterocycles. The van der Waals surface area contributed by atoms with Crippen molar-refractivity contribution < 1.29 is 9.53 Å². The fourth-order valence-electron chi connectivity index (χ4n) is 2.65. The van der Waals surface area contributed by atoms with Crippen molar-refractivity contribution >= 4 is 5.91 Å². The standard InChI is InChI=1S/C12H18N4O2/c1-8(13-12(17)9-4-3-7-18-9)11-15-14-10-5-2-6-16(10)11/h8-9H,2-7H2,1H3,(H,13,17). The highest BCUT2D eigenvalue weighted by Crippen LogP contribution is 2.20. The fourth-order valence-corrected chi connectivity index (χ4v) is 2.65. The largest absolute Gasteiger partial charge is 0.368 e. The number of carbonyl (C=O) groups is 1. The van der Waals surface area contributed by atoms with E-state index in [9.17, 15) is 4.79 Å². The first-order valence-electron chi connectivity index (χ1n) is 6.59. The number of amides is 1. The minimum absolute atomic E-state index is 0.0321. The molecule has 6 nitrogen and oxygen atoms in total. The lowest BCUT2D eigenvalue weighted by molar-refractivity contribution is -0.130. The highest BCUT2D eigenvalue weighted by molar-refractivity contribution is 5.81. The first-order chi connectivity index (χ1) is 8.75. The van der Waals surface area contributed by atoms with Gasteiger partial charge in [0.2, 0.25) is 5.91 Å². The molecule has 3 rings (SSSR count). The van der Waals surface area contributed by atoms with Crippen LogP contribution in [0.1, 0.15) is 43.9 Å². The van der Waals surface area contributed by atoms with E-state index in [4.69, 9.17) is 4.74 Å². The number of hydrogen-bond acceptors (Lipinski definition) is 4. The minimum atomic E-state index is -0.284. The molecule has 2 atom stereocenters. The summed E-state index contributed by atoms with van der Waals surface area (Å²) in [5, 5.41) is 11.3. The molecule has 0 bridgehead atoms. The zero-order valence-electron chi connectivity index (χ0n) is 10.6. The van der Waals surface area contributed by atoms with E-state index in [0.29, 0.717) is 6.61 Å². The van der Waals surface area contributed by atoms with Crippen molar-refractivity contribution in [3.05, 3.63) is 11.6 Å². The van der Waals surface area contributed by atoms with Crippen molar-refractivity contribution in [3.63, 3.8) is 0 Å². The molecule has 0 saturated carbocycles. The predicted octanol–water partition coefficient (Wildman–Crippen LogP) is 0.580. The second kappa shape index (κ2) is 4.68. The summed E-state index contributed by atoms with van der Waals surface area (Å²) in [6, 6.07) is -0.110. The summed E-state index contributed by atoms with van der Waals surface area (Å²) in [4.78, 5) is 12.0. The van der Waals surface area contributed by atoms with E-state index >= 15 is 0 Å². The second-order valence-electron chi connectivity index (χ2n) is 4.96. The Balaban J connectivity index is 1.67. The van der Waals surface area contributed by atoms with Gasteiger partial charge in [-0.25, -0.2) is 0 Å². The molecule has 1 aromatic rings. The van der Waals surface area contributed by atoms with E-state index in [2.05, 4.69) is 20.1 Å². The molecule has 1 saturated heterocycles. The molecule has 1 N–H and O–H groups in total. The molecule has 18 heavy (non-hydrogen) atoms. The van der Waals surface area contributed by atoms with Gasteiger partial charge in [-0.15, -0.1) is 10.2 Å². The number of fused-ring (bicyclic) bond motifs is 1. The van der Waals surface area contributed by atoms with Crippen molar-refractivity contribution in [2.24, 2.45) is 0 Å². The first-order valence-corrected chi connectivity index (χ1v) is 6.59. The average Bonchev–Trinajstić information content (AvgIpc) is 3.06. The van der Waals surface area contributed by atoms with Crippen LogP contribution in [0.3, 0.4) is 0 Å². The summed E-state index contributed by atoms with van der Waals surface area (Å²) in [5.74, 6) is 1.85. The molecule has 1 fully saturated rings. The molecule has 6 heteroatoms. The SMILES string of the molecule is CC(NC(=O)C1CCCO1)c1nnc2n1CCC2. The number of ether oxygens (including phenoxy) is 1. The van der Waals surface area contributed by atoms with Gasteiger partial charge in [0.1, 0.15) is 11.9 Å². The zero-order chi connectivity index (χ0) is 12.5. The van der Waals surface area contributed by atoms with Gasteiger partial charge in [0.15, 0.2) is 5.82 Å². The molecular weight excluding hydrogens is 232 g/mol. The van der Waals surface area contributed by atoms with Gasteiger partial charge in [-0.05, 0) is 26.2 Å². The Morgan fingerprint density at radius 3 is 3.17 bits per heavy atom. The highest BCUT2D eigenvalue weighted by Gasteiger charge is 2.27. The summed E-state index contributed by atoms with van der Waals surface area (Å²) in [6.07, 6.45) is 3.60. The second-order valence-corrected chi connectivity index (χ2v) is 4.96. The van der Waals surface area contributed by atoms with Crippen LogP contribution in [0, 0.1) is 0 Å². The lowest BCUT2D eigenvalue weighted by Gasteiger charge is -2.16. The number of carbonyl (C=O) groups excluding carboxylic acids is 1. The smallest absolute Gasteiger partial charge is 0.249 e. The molecule has 2 unspecified atom stereocenters. The molecule has 0 radical (unpaired) electrons. The van der Waals surface area contributed by atoms with Crippen LogP contribution in [-0.4, -0.2) is 33.4 Å². The molecule has 2 aliphatic rings. The van der Waals surface area contributed by atoms with E-state index in [1.807, 2.05) is 6.92 Å². The lowest BCUT2D eigenvalue weighted by atomic mass is 10.2. The van der Waals surface area contributed by atoms with Gasteiger partial charge in [0.05, 0.1) is 6.04 Å². The van der Waals surface area contributed by atoms with Crippen molar-refractivity contribution in [1.29, 1.82) is 0 Å². The number of rotatable bonds is 3. The van der Waals surface area contributed by atoms with Crippen molar-refractivity contribution in [2.45, 2.75) is 51.3 Å². The highest BCUT2D eigenvalue weighted by atomic mass is 16.5. The zero-order valence-corrected chi connectivity index (χ0v) is 10.6. The predicted molar refractivity (Wildman–Crippen MR) is 63.9 cm³/mol. The van der Waals surface area contributed by atoms with Gasteiger partial charge < -0.3 is 14.6 Å². The monoisotopic (exact) mass is 250 g/mol. The van der Waals surface area contributed by atoms with Crippen LogP contribution < -0.4 is 5.32 Å². The topological polar surface area (TPSA) is 69.0 Å². The van der Waals surface area contributed by atoms with Gasteiger partial charge in [-0.2, -0.15) is 0 Å². The van der Waals surface area contributed by atoms with Gasteiger partial charge in [-0.3, -0.25) is 4.79 Å². The average molecular weight is 250 g/mol. The third kappa shape index (κ3) is 2.01. The maximum atomic E-state index is 12.0. The van der Waals surface area contributed by atoms with Crippen molar-refractivity contribution in [1.82, 2.24) is 20.1 Å². The van der Waals surface area contributed by atoms with Crippen LogP contribution in [0.5, 0.6) is 0 Å². The minimum Gasteiger partial charge on any atom is -0.368 e. The first kappa shape index (κ1) is 11.6. The third-order valence-corrected chi connectivity index (χ3v) is 3.61. The Kier molecular flexibility index (Phi) is 3.03. The molecular formula is C12H18N4O2. The molecule has 0 aromatic carbocycles. The van der Waals surface area contributed by atoms with Crippen molar-refractivity contribution in [3.8, 4) is 0 Å². The summed E-state index contributed by atoms with van der Waals surface area (Å²) >= 11 is 0. The molecule has 0 spiro atoms. The Hall–Kier alpha value is -1.43. The van der Waals surface area contributed by atoms with E-state index in [1.54, 1.807) is 0 Å². The maximum Gasteiger partial charge on any atom is 0.249 e. The number of aryl methyl sites for hydroxylation is 1. The molecule has 1 aromatic heterocycles. The van der Waals surface area contributed by atoms with Crippen LogP contribution in [0.2, 0.25) is 0 Å². The summed E-state index contributed by atoms with van der Waals surface area (Å²) < 4.78 is 7.48. The normalized spacial score (nSPS) is 23.9. The number of hydrogen-bond donors (Lipinski definition) is 1. The Morgan fingerprint density at radius 1 is 1.50 bits per heavy atom. The van der Waals surface area contributed by atoms with Crippen LogP contribution in [0.25, 0.3) is 0 Å². The molecule has 98 valence electrons.